The number of fused-ring (bicyclic) bond motifs is 1. The van der Waals surface area contributed by atoms with Crippen LogP contribution >= 0.6 is 0 Å². The Morgan fingerprint density at radius 1 is 1.03 bits per heavy atom. The Kier molecular flexibility index (Phi) is 5.90. The monoisotopic (exact) mass is 417 g/mol. The van der Waals surface area contributed by atoms with Gasteiger partial charge in [0.05, 0.1) is 17.9 Å². The fourth-order valence-electron chi connectivity index (χ4n) is 4.73. The van der Waals surface area contributed by atoms with Crippen LogP contribution in [0.4, 0.5) is 5.82 Å². The van der Waals surface area contributed by atoms with Crippen LogP contribution in [-0.2, 0) is 4.74 Å². The Morgan fingerprint density at radius 3 is 2.55 bits per heavy atom. The lowest BCUT2D eigenvalue weighted by Gasteiger charge is -2.35. The number of aliphatic hydroxyl groups is 1. The first-order chi connectivity index (χ1) is 15.2. The number of pyridine rings is 1. The number of hydrogen-bond donors (Lipinski definition) is 1. The predicted molar refractivity (Wildman–Crippen MR) is 125 cm³/mol. The van der Waals surface area contributed by atoms with Crippen LogP contribution in [-0.4, -0.2) is 60.4 Å². The molecule has 2 aromatic carbocycles. The second kappa shape index (κ2) is 8.95. The quantitative estimate of drug-likeness (QED) is 0.688. The van der Waals surface area contributed by atoms with Gasteiger partial charge < -0.3 is 19.6 Å². The molecule has 0 radical (unpaired) electrons. The maximum Gasteiger partial charge on any atom is 0.137 e. The molecule has 5 nitrogen and oxygen atoms in total. The van der Waals surface area contributed by atoms with Gasteiger partial charge in [-0.3, -0.25) is 0 Å². The average Bonchev–Trinajstić information content (AvgIpc) is 2.83. The molecule has 5 rings (SSSR count). The molecule has 2 atom stereocenters. The summed E-state index contributed by atoms with van der Waals surface area (Å²) >= 11 is 0. The zero-order chi connectivity index (χ0) is 21.2. The molecule has 3 heterocycles. The van der Waals surface area contributed by atoms with Crippen molar-refractivity contribution in [3.63, 3.8) is 0 Å². The molecule has 2 fully saturated rings. The Hall–Kier alpha value is -2.47. The summed E-state index contributed by atoms with van der Waals surface area (Å²) in [5.41, 5.74) is 3.24. The highest BCUT2D eigenvalue weighted by Gasteiger charge is 2.23. The molecular weight excluding hydrogens is 386 g/mol. The Labute approximate surface area is 184 Å². The van der Waals surface area contributed by atoms with Crippen molar-refractivity contribution in [2.45, 2.75) is 32.0 Å². The Balaban J connectivity index is 1.46. The molecule has 31 heavy (non-hydrogen) atoms. The van der Waals surface area contributed by atoms with E-state index in [0.29, 0.717) is 13.0 Å². The molecule has 0 bridgehead atoms. The minimum atomic E-state index is -0.267. The largest absolute Gasteiger partial charge is 0.393 e. The van der Waals surface area contributed by atoms with Gasteiger partial charge >= 0.3 is 0 Å². The molecule has 3 aromatic rings. The zero-order valence-corrected chi connectivity index (χ0v) is 18.2. The van der Waals surface area contributed by atoms with E-state index in [1.165, 1.54) is 10.8 Å². The minimum Gasteiger partial charge on any atom is -0.393 e. The van der Waals surface area contributed by atoms with Crippen LogP contribution < -0.4 is 4.90 Å². The summed E-state index contributed by atoms with van der Waals surface area (Å²) in [7, 11) is 0. The molecule has 162 valence electrons. The molecule has 0 saturated carbocycles. The number of likely N-dealkylation sites (N-methyl/N-ethyl adjacent to an activating group) is 1. The highest BCUT2D eigenvalue weighted by molar-refractivity contribution is 5.95. The third kappa shape index (κ3) is 4.31. The first-order valence-electron chi connectivity index (χ1n) is 11.5. The van der Waals surface area contributed by atoms with E-state index in [4.69, 9.17) is 9.72 Å². The number of benzene rings is 2. The highest BCUT2D eigenvalue weighted by Crippen LogP contribution is 2.33. The van der Waals surface area contributed by atoms with Crippen LogP contribution in [0.2, 0.25) is 0 Å². The summed E-state index contributed by atoms with van der Waals surface area (Å²) in [6.07, 6.45) is 1.11. The SMILES string of the molecule is CCN1CCN(c2nc(-c3ccc([C@H]4C[C@@H](O)CCO4)cc3)cc3ccccc23)CC1. The van der Waals surface area contributed by atoms with Gasteiger partial charge in [-0.15, -0.1) is 0 Å². The first-order valence-corrected chi connectivity index (χ1v) is 11.5. The summed E-state index contributed by atoms with van der Waals surface area (Å²) < 4.78 is 5.87. The van der Waals surface area contributed by atoms with Gasteiger partial charge in [-0.1, -0.05) is 55.5 Å². The lowest BCUT2D eigenvalue weighted by molar-refractivity contribution is -0.0447. The maximum absolute atomic E-state index is 9.96. The van der Waals surface area contributed by atoms with Crippen LogP contribution in [0.5, 0.6) is 0 Å². The van der Waals surface area contributed by atoms with Gasteiger partial charge in [-0.05, 0) is 30.0 Å². The maximum atomic E-state index is 9.96. The van der Waals surface area contributed by atoms with Crippen LogP contribution in [0.25, 0.3) is 22.0 Å². The highest BCUT2D eigenvalue weighted by atomic mass is 16.5. The second-order valence-corrected chi connectivity index (χ2v) is 8.63. The average molecular weight is 418 g/mol. The van der Waals surface area contributed by atoms with Crippen molar-refractivity contribution in [1.82, 2.24) is 9.88 Å². The third-order valence-electron chi connectivity index (χ3n) is 6.67. The van der Waals surface area contributed by atoms with Gasteiger partial charge in [0, 0.05) is 50.2 Å². The summed E-state index contributed by atoms with van der Waals surface area (Å²) in [6.45, 7) is 8.14. The van der Waals surface area contributed by atoms with Gasteiger partial charge in [-0.25, -0.2) is 4.98 Å². The van der Waals surface area contributed by atoms with E-state index in [2.05, 4.69) is 71.3 Å². The molecule has 0 spiro atoms. The van der Waals surface area contributed by atoms with Crippen molar-refractivity contribution in [3.8, 4) is 11.3 Å². The fourth-order valence-corrected chi connectivity index (χ4v) is 4.73. The summed E-state index contributed by atoms with van der Waals surface area (Å²) in [4.78, 5) is 10.1. The van der Waals surface area contributed by atoms with Gasteiger partial charge in [0.1, 0.15) is 5.82 Å². The Bertz CT molecular complexity index is 1030. The second-order valence-electron chi connectivity index (χ2n) is 8.63. The Morgan fingerprint density at radius 2 is 1.81 bits per heavy atom. The number of anilines is 1. The number of hydrogen-bond acceptors (Lipinski definition) is 5. The molecule has 5 heteroatoms. The van der Waals surface area contributed by atoms with E-state index in [1.807, 2.05) is 0 Å². The van der Waals surface area contributed by atoms with Crippen LogP contribution in [0.3, 0.4) is 0 Å². The molecule has 2 saturated heterocycles. The normalized spacial score (nSPS) is 22.7. The number of aliphatic hydroxyl groups excluding tert-OH is 1. The lowest BCUT2D eigenvalue weighted by atomic mass is 9.97. The molecule has 2 aliphatic rings. The molecule has 2 aliphatic heterocycles. The van der Waals surface area contributed by atoms with Crippen molar-refractivity contribution >= 4 is 16.6 Å². The van der Waals surface area contributed by atoms with E-state index in [-0.39, 0.29) is 12.2 Å². The topological polar surface area (TPSA) is 48.8 Å². The van der Waals surface area contributed by atoms with Crippen LogP contribution in [0, 0.1) is 0 Å². The van der Waals surface area contributed by atoms with E-state index >= 15 is 0 Å². The number of piperazine rings is 1. The summed E-state index contributed by atoms with van der Waals surface area (Å²) in [5.74, 6) is 1.09. The molecule has 0 aliphatic carbocycles. The summed E-state index contributed by atoms with van der Waals surface area (Å²) in [5, 5.41) is 12.4. The van der Waals surface area contributed by atoms with Crippen molar-refractivity contribution in [3.05, 3.63) is 60.2 Å². The standard InChI is InChI=1S/C26H31N3O2/c1-2-28-12-14-29(15-13-28)26-23-6-4-3-5-21(23)17-24(27-26)19-7-9-20(10-8-19)25-18-22(30)11-16-31-25/h3-10,17,22,25,30H,2,11-16,18H2,1H3/t22-,25+/m0/s1. The molecular formula is C26H31N3O2. The summed E-state index contributed by atoms with van der Waals surface area (Å²) in [6, 6.07) is 19.3. The van der Waals surface area contributed by atoms with E-state index in [0.717, 1.165) is 61.8 Å². The number of ether oxygens (including phenoxy) is 1. The van der Waals surface area contributed by atoms with Gasteiger partial charge in [0.25, 0.3) is 0 Å². The smallest absolute Gasteiger partial charge is 0.137 e. The van der Waals surface area contributed by atoms with Crippen molar-refractivity contribution in [2.75, 3.05) is 44.2 Å². The van der Waals surface area contributed by atoms with Crippen LogP contribution in [0.15, 0.2) is 54.6 Å². The molecule has 1 aromatic heterocycles. The lowest BCUT2D eigenvalue weighted by Crippen LogP contribution is -2.46. The van der Waals surface area contributed by atoms with Gasteiger partial charge in [-0.2, -0.15) is 0 Å². The minimum absolute atomic E-state index is 0.0206. The van der Waals surface area contributed by atoms with E-state index in [1.54, 1.807) is 0 Å². The molecule has 1 N–H and O–H groups in total. The zero-order valence-electron chi connectivity index (χ0n) is 18.2. The fraction of sp³-hybridized carbons (Fsp3) is 0.423. The van der Waals surface area contributed by atoms with Crippen molar-refractivity contribution < 1.29 is 9.84 Å². The first kappa shape index (κ1) is 20.4. The van der Waals surface area contributed by atoms with Crippen molar-refractivity contribution in [1.29, 1.82) is 0 Å². The number of nitrogens with zero attached hydrogens (tertiary/aromatic N) is 3. The van der Waals surface area contributed by atoms with Gasteiger partial charge in [0.2, 0.25) is 0 Å². The number of aromatic nitrogens is 1. The third-order valence-corrected chi connectivity index (χ3v) is 6.67. The van der Waals surface area contributed by atoms with Gasteiger partial charge in [0.15, 0.2) is 0 Å². The number of rotatable bonds is 4. The van der Waals surface area contributed by atoms with E-state index < -0.39 is 0 Å². The van der Waals surface area contributed by atoms with E-state index in [9.17, 15) is 5.11 Å². The predicted octanol–water partition coefficient (Wildman–Crippen LogP) is 4.26. The molecule has 0 unspecified atom stereocenters. The van der Waals surface area contributed by atoms with Crippen LogP contribution in [0.1, 0.15) is 31.4 Å². The molecule has 0 amide bonds. The van der Waals surface area contributed by atoms with Crippen molar-refractivity contribution in [2.24, 2.45) is 0 Å².